The molecule has 2 N–H and O–H groups in total. The van der Waals surface area contributed by atoms with Crippen molar-refractivity contribution in [3.63, 3.8) is 0 Å². The molecule has 0 unspecified atom stereocenters. The van der Waals surface area contributed by atoms with Gasteiger partial charge in [0.2, 0.25) is 0 Å². The van der Waals surface area contributed by atoms with Gasteiger partial charge >= 0.3 is 0 Å². The molecule has 0 bridgehead atoms. The second-order valence-electron chi connectivity index (χ2n) is 5.17. The van der Waals surface area contributed by atoms with Gasteiger partial charge in [-0.3, -0.25) is 0 Å². The van der Waals surface area contributed by atoms with Gasteiger partial charge in [0.1, 0.15) is 17.2 Å². The van der Waals surface area contributed by atoms with Gasteiger partial charge in [-0.05, 0) is 42.4 Å². The quantitative estimate of drug-likeness (QED) is 0.710. The smallest absolute Gasteiger partial charge is 0.170 e. The van der Waals surface area contributed by atoms with Crippen LogP contribution < -0.4 is 24.8 Å². The molecule has 0 saturated carbocycles. The minimum Gasteiger partial charge on any atom is -0.497 e. The maximum absolute atomic E-state index is 6.16. The van der Waals surface area contributed by atoms with E-state index in [4.69, 9.17) is 38.0 Å². The largest absolute Gasteiger partial charge is 0.497 e. The Kier molecular flexibility index (Phi) is 7.16. The van der Waals surface area contributed by atoms with Crippen LogP contribution in [0, 0.1) is 0 Å². The minimum atomic E-state index is 0.479. The van der Waals surface area contributed by atoms with Crippen LogP contribution in [0.4, 0.5) is 5.69 Å². The number of anilines is 1. The molecule has 0 aliphatic heterocycles. The first-order valence-electron chi connectivity index (χ1n) is 7.66. The van der Waals surface area contributed by atoms with Crippen LogP contribution in [0.2, 0.25) is 5.02 Å². The maximum Gasteiger partial charge on any atom is 0.170 e. The lowest BCUT2D eigenvalue weighted by molar-refractivity contribution is 0.396. The summed E-state index contributed by atoms with van der Waals surface area (Å²) in [5, 5.41) is 7.23. The highest BCUT2D eigenvalue weighted by Crippen LogP contribution is 2.35. The van der Waals surface area contributed by atoms with Gasteiger partial charge in [-0.1, -0.05) is 23.7 Å². The molecule has 2 rings (SSSR count). The first kappa shape index (κ1) is 19.1. The Morgan fingerprint density at radius 2 is 1.68 bits per heavy atom. The van der Waals surface area contributed by atoms with Crippen LogP contribution in [-0.2, 0) is 6.42 Å². The second-order valence-corrected chi connectivity index (χ2v) is 5.98. The molecule has 0 aromatic heterocycles. The third-order valence-corrected chi connectivity index (χ3v) is 4.12. The fourth-order valence-electron chi connectivity index (χ4n) is 2.24. The van der Waals surface area contributed by atoms with E-state index in [9.17, 15) is 0 Å². The summed E-state index contributed by atoms with van der Waals surface area (Å²) in [5.41, 5.74) is 1.87. The number of hydrogen-bond donors (Lipinski definition) is 2. The van der Waals surface area contributed by atoms with E-state index < -0.39 is 0 Å². The second kappa shape index (κ2) is 9.34. The first-order chi connectivity index (χ1) is 12.1. The molecule has 134 valence electrons. The fourth-order valence-corrected chi connectivity index (χ4v) is 2.69. The van der Waals surface area contributed by atoms with Crippen molar-refractivity contribution in [1.82, 2.24) is 5.32 Å². The van der Waals surface area contributed by atoms with Crippen LogP contribution >= 0.6 is 23.8 Å². The minimum absolute atomic E-state index is 0.479. The zero-order valence-corrected chi connectivity index (χ0v) is 16.0. The topological polar surface area (TPSA) is 51.8 Å². The van der Waals surface area contributed by atoms with E-state index >= 15 is 0 Å². The lowest BCUT2D eigenvalue weighted by Gasteiger charge is -2.15. The Balaban J connectivity index is 1.90. The van der Waals surface area contributed by atoms with E-state index in [-0.39, 0.29) is 0 Å². The monoisotopic (exact) mass is 380 g/mol. The Morgan fingerprint density at radius 1 is 1.00 bits per heavy atom. The highest BCUT2D eigenvalue weighted by Gasteiger charge is 2.11. The average Bonchev–Trinajstić information content (AvgIpc) is 2.62. The van der Waals surface area contributed by atoms with Crippen molar-refractivity contribution < 1.29 is 14.2 Å². The third kappa shape index (κ3) is 5.41. The Morgan fingerprint density at radius 3 is 2.28 bits per heavy atom. The highest BCUT2D eigenvalue weighted by atomic mass is 35.5. The fraction of sp³-hybridized carbons (Fsp3) is 0.278. The molecular weight excluding hydrogens is 360 g/mol. The number of halogens is 1. The molecular formula is C18H21ClN2O3S. The van der Waals surface area contributed by atoms with Crippen LogP contribution in [0.25, 0.3) is 0 Å². The Labute approximate surface area is 158 Å². The standard InChI is InChI=1S/C18H21ClN2O3S/c1-22-13-6-4-12(5-7-13)8-9-20-18(25)21-15-10-14(19)16(23-2)11-17(15)24-3/h4-7,10-11H,8-9H2,1-3H3,(H2,20,21,25). The van der Waals surface area contributed by atoms with Crippen LogP contribution in [0.5, 0.6) is 17.2 Å². The predicted octanol–water partition coefficient (Wildman–Crippen LogP) is 3.89. The molecule has 0 heterocycles. The van der Waals surface area contributed by atoms with Crippen molar-refractivity contribution in [3.05, 3.63) is 47.0 Å². The summed E-state index contributed by atoms with van der Waals surface area (Å²) < 4.78 is 15.7. The summed E-state index contributed by atoms with van der Waals surface area (Å²) in [6, 6.07) is 11.4. The number of benzene rings is 2. The van der Waals surface area contributed by atoms with Gasteiger partial charge in [0.25, 0.3) is 0 Å². The molecule has 0 spiro atoms. The van der Waals surface area contributed by atoms with Crippen molar-refractivity contribution in [3.8, 4) is 17.2 Å². The Hall–Kier alpha value is -2.18. The number of rotatable bonds is 7. The van der Waals surface area contributed by atoms with Crippen molar-refractivity contribution in [2.45, 2.75) is 6.42 Å². The van der Waals surface area contributed by atoms with E-state index in [0.29, 0.717) is 33.9 Å². The normalized spacial score (nSPS) is 10.1. The van der Waals surface area contributed by atoms with E-state index in [1.807, 2.05) is 24.3 Å². The maximum atomic E-state index is 6.16. The summed E-state index contributed by atoms with van der Waals surface area (Å²) in [6.07, 6.45) is 0.840. The molecule has 5 nitrogen and oxygen atoms in total. The van der Waals surface area contributed by atoms with Crippen molar-refractivity contribution in [2.75, 3.05) is 33.2 Å². The number of thiocarbonyl (C=S) groups is 1. The van der Waals surface area contributed by atoms with Crippen LogP contribution in [0.1, 0.15) is 5.56 Å². The SMILES string of the molecule is COc1ccc(CCNC(=S)Nc2cc(Cl)c(OC)cc2OC)cc1. The number of nitrogens with one attached hydrogen (secondary N) is 2. The van der Waals surface area contributed by atoms with Crippen molar-refractivity contribution >= 4 is 34.6 Å². The molecule has 2 aromatic carbocycles. The summed E-state index contributed by atoms with van der Waals surface area (Å²) in [6.45, 7) is 0.699. The van der Waals surface area contributed by atoms with Gasteiger partial charge in [0.15, 0.2) is 5.11 Å². The molecule has 7 heteroatoms. The zero-order chi connectivity index (χ0) is 18.2. The van der Waals surface area contributed by atoms with E-state index in [1.54, 1.807) is 33.5 Å². The van der Waals surface area contributed by atoms with Crippen molar-refractivity contribution in [2.24, 2.45) is 0 Å². The van der Waals surface area contributed by atoms with Crippen LogP contribution in [0.15, 0.2) is 36.4 Å². The first-order valence-corrected chi connectivity index (χ1v) is 8.45. The number of ether oxygens (including phenoxy) is 3. The highest BCUT2D eigenvalue weighted by molar-refractivity contribution is 7.80. The molecule has 25 heavy (non-hydrogen) atoms. The van der Waals surface area contributed by atoms with Crippen molar-refractivity contribution in [1.29, 1.82) is 0 Å². The molecule has 0 radical (unpaired) electrons. The molecule has 0 saturated heterocycles. The molecule has 0 fully saturated rings. The van der Waals surface area contributed by atoms with Gasteiger partial charge < -0.3 is 24.8 Å². The Bertz CT molecular complexity index is 723. The van der Waals surface area contributed by atoms with E-state index in [0.717, 1.165) is 12.2 Å². The van der Waals surface area contributed by atoms with E-state index in [1.165, 1.54) is 5.56 Å². The van der Waals surface area contributed by atoms with E-state index in [2.05, 4.69) is 10.6 Å². The third-order valence-electron chi connectivity index (χ3n) is 3.58. The van der Waals surface area contributed by atoms with Gasteiger partial charge in [0.05, 0.1) is 32.0 Å². The average molecular weight is 381 g/mol. The predicted molar refractivity (Wildman–Crippen MR) is 105 cm³/mol. The molecule has 0 atom stereocenters. The van der Waals surface area contributed by atoms with Gasteiger partial charge in [-0.2, -0.15) is 0 Å². The van der Waals surface area contributed by atoms with Crippen LogP contribution in [0.3, 0.4) is 0 Å². The summed E-state index contributed by atoms with van der Waals surface area (Å²) in [7, 11) is 4.79. The molecule has 0 amide bonds. The number of methoxy groups -OCH3 is 3. The summed E-state index contributed by atoms with van der Waals surface area (Å²) >= 11 is 11.5. The molecule has 2 aromatic rings. The van der Waals surface area contributed by atoms with Gasteiger partial charge in [-0.25, -0.2) is 0 Å². The lowest BCUT2D eigenvalue weighted by atomic mass is 10.1. The van der Waals surface area contributed by atoms with Crippen LogP contribution in [-0.4, -0.2) is 33.0 Å². The zero-order valence-electron chi connectivity index (χ0n) is 14.4. The molecule has 0 aliphatic rings. The van der Waals surface area contributed by atoms with Gasteiger partial charge in [0, 0.05) is 12.6 Å². The van der Waals surface area contributed by atoms with Gasteiger partial charge in [-0.15, -0.1) is 0 Å². The summed E-state index contributed by atoms with van der Waals surface area (Å²) in [4.78, 5) is 0. The number of hydrogen-bond acceptors (Lipinski definition) is 4. The molecule has 0 aliphatic carbocycles. The lowest BCUT2D eigenvalue weighted by Crippen LogP contribution is -2.30. The summed E-state index contributed by atoms with van der Waals surface area (Å²) in [5.74, 6) is 1.99.